The van der Waals surface area contributed by atoms with Crippen molar-refractivity contribution in [1.82, 2.24) is 18.4 Å². The summed E-state index contributed by atoms with van der Waals surface area (Å²) in [7, 11) is -3.09. The first kappa shape index (κ1) is 16.6. The van der Waals surface area contributed by atoms with Gasteiger partial charge in [-0.25, -0.2) is 12.7 Å². The van der Waals surface area contributed by atoms with Crippen LogP contribution in [0, 0.1) is 0 Å². The molecular weight excluding hydrogens is 316 g/mol. The van der Waals surface area contributed by atoms with Crippen LogP contribution in [-0.4, -0.2) is 71.2 Å². The van der Waals surface area contributed by atoms with Crippen molar-refractivity contribution < 1.29 is 18.3 Å². The Hall–Kier alpha value is -0.810. The molecule has 10 heteroatoms. The summed E-state index contributed by atoms with van der Waals surface area (Å²) in [6, 6.07) is 0.221. The van der Waals surface area contributed by atoms with Gasteiger partial charge in [-0.3, -0.25) is 0 Å². The number of rotatable bonds is 7. The Balaban J connectivity index is 1.63. The van der Waals surface area contributed by atoms with Crippen LogP contribution in [-0.2, 0) is 10.0 Å². The topological polar surface area (TPSA) is 105 Å². The molecule has 0 spiro atoms. The van der Waals surface area contributed by atoms with E-state index >= 15 is 0 Å². The molecule has 1 fully saturated rings. The van der Waals surface area contributed by atoms with Crippen LogP contribution in [0.15, 0.2) is 6.20 Å². The highest BCUT2D eigenvalue weighted by Gasteiger charge is 2.24. The molecule has 1 saturated heterocycles. The maximum Gasteiger partial charge on any atom is 0.245 e. The zero-order chi connectivity index (χ0) is 15.3. The summed E-state index contributed by atoms with van der Waals surface area (Å²) < 4.78 is 37.2. The molecule has 1 unspecified atom stereocenters. The van der Waals surface area contributed by atoms with E-state index in [9.17, 15) is 13.5 Å². The Labute approximate surface area is 128 Å². The molecule has 0 aromatic carbocycles. The molecule has 120 valence electrons. The number of nitrogens with one attached hydrogen (secondary N) is 1. The van der Waals surface area contributed by atoms with Gasteiger partial charge in [-0.15, -0.1) is 4.37 Å². The second-order valence-corrected chi connectivity index (χ2v) is 7.59. The number of aliphatic hydroxyl groups is 1. The maximum atomic E-state index is 11.4. The summed E-state index contributed by atoms with van der Waals surface area (Å²) >= 11 is 1.05. The largest absolute Gasteiger partial charge is 0.473 e. The fraction of sp³-hybridized carbons (Fsp3) is 0.818. The van der Waals surface area contributed by atoms with Crippen LogP contribution in [0.4, 0.5) is 0 Å². The van der Waals surface area contributed by atoms with E-state index in [1.807, 2.05) is 0 Å². The highest BCUT2D eigenvalue weighted by Crippen LogP contribution is 2.13. The fourth-order valence-electron chi connectivity index (χ4n) is 2.15. The maximum absolute atomic E-state index is 11.4. The summed E-state index contributed by atoms with van der Waals surface area (Å²) in [4.78, 5) is 0. The SMILES string of the molecule is CS(=O)(=O)N1CCC(NCC(O)COc2cnsn2)CC1. The third-order valence-corrected chi connectivity index (χ3v) is 5.09. The second-order valence-electron chi connectivity index (χ2n) is 5.06. The average molecular weight is 336 g/mol. The molecule has 2 heterocycles. The summed E-state index contributed by atoms with van der Waals surface area (Å²) in [5.74, 6) is 0.417. The molecule has 1 aromatic rings. The first-order valence-corrected chi connectivity index (χ1v) is 9.30. The number of aromatic nitrogens is 2. The van der Waals surface area contributed by atoms with Gasteiger partial charge in [-0.2, -0.15) is 4.37 Å². The molecule has 0 bridgehead atoms. The van der Waals surface area contributed by atoms with Gasteiger partial charge in [0.1, 0.15) is 18.9 Å². The van der Waals surface area contributed by atoms with E-state index in [1.54, 1.807) is 0 Å². The van der Waals surface area contributed by atoms with Crippen molar-refractivity contribution in [3.63, 3.8) is 0 Å². The fourth-order valence-corrected chi connectivity index (χ4v) is 3.39. The van der Waals surface area contributed by atoms with E-state index in [0.717, 1.165) is 24.6 Å². The molecule has 1 aromatic heterocycles. The molecule has 1 aliphatic heterocycles. The van der Waals surface area contributed by atoms with E-state index in [1.165, 1.54) is 16.8 Å². The van der Waals surface area contributed by atoms with Gasteiger partial charge < -0.3 is 15.2 Å². The highest BCUT2D eigenvalue weighted by molar-refractivity contribution is 7.88. The van der Waals surface area contributed by atoms with Gasteiger partial charge in [0.15, 0.2) is 0 Å². The number of piperidine rings is 1. The Bertz CT molecular complexity index is 514. The molecule has 0 radical (unpaired) electrons. The molecule has 1 aliphatic rings. The number of hydrogen-bond donors (Lipinski definition) is 2. The lowest BCUT2D eigenvalue weighted by Gasteiger charge is -2.31. The van der Waals surface area contributed by atoms with Crippen LogP contribution in [0.5, 0.6) is 5.88 Å². The van der Waals surface area contributed by atoms with Crippen LogP contribution < -0.4 is 10.1 Å². The van der Waals surface area contributed by atoms with E-state index in [4.69, 9.17) is 4.74 Å². The molecule has 0 aliphatic carbocycles. The molecule has 8 nitrogen and oxygen atoms in total. The number of hydrogen-bond acceptors (Lipinski definition) is 8. The molecule has 2 N–H and O–H groups in total. The predicted molar refractivity (Wildman–Crippen MR) is 78.9 cm³/mol. The van der Waals surface area contributed by atoms with Crippen LogP contribution >= 0.6 is 11.7 Å². The van der Waals surface area contributed by atoms with Crippen molar-refractivity contribution in [2.24, 2.45) is 0 Å². The molecule has 2 rings (SSSR count). The zero-order valence-electron chi connectivity index (χ0n) is 11.8. The third-order valence-electron chi connectivity index (χ3n) is 3.33. The number of aliphatic hydroxyl groups excluding tert-OH is 1. The quantitative estimate of drug-likeness (QED) is 0.678. The van der Waals surface area contributed by atoms with Crippen molar-refractivity contribution in [3.05, 3.63) is 6.20 Å². The van der Waals surface area contributed by atoms with Crippen LogP contribution in [0.3, 0.4) is 0 Å². The first-order valence-electron chi connectivity index (χ1n) is 6.72. The van der Waals surface area contributed by atoms with Crippen LogP contribution in [0.25, 0.3) is 0 Å². The van der Waals surface area contributed by atoms with Gasteiger partial charge >= 0.3 is 0 Å². The van der Waals surface area contributed by atoms with Gasteiger partial charge in [0, 0.05) is 25.7 Å². The second kappa shape index (κ2) is 7.45. The molecule has 21 heavy (non-hydrogen) atoms. The van der Waals surface area contributed by atoms with E-state index in [-0.39, 0.29) is 12.6 Å². The van der Waals surface area contributed by atoms with Crippen molar-refractivity contribution in [2.45, 2.75) is 25.0 Å². The predicted octanol–water partition coefficient (Wildman–Crippen LogP) is -0.709. The third kappa shape index (κ3) is 5.47. The lowest BCUT2D eigenvalue weighted by molar-refractivity contribution is 0.0990. The standard InChI is InChI=1S/C11H20N4O4S2/c1-21(17,18)15-4-2-9(3-5-15)12-6-10(16)8-19-11-7-13-20-14-11/h7,9-10,12,16H,2-6,8H2,1H3. The molecule has 0 amide bonds. The molecular formula is C11H20N4O4S2. The van der Waals surface area contributed by atoms with Gasteiger partial charge in [0.2, 0.25) is 15.9 Å². The monoisotopic (exact) mass is 336 g/mol. The van der Waals surface area contributed by atoms with Gasteiger partial charge in [0.25, 0.3) is 0 Å². The van der Waals surface area contributed by atoms with Gasteiger partial charge in [-0.05, 0) is 12.8 Å². The Morgan fingerprint density at radius 1 is 1.57 bits per heavy atom. The summed E-state index contributed by atoms with van der Waals surface area (Å²) in [6.45, 7) is 1.60. The summed E-state index contributed by atoms with van der Waals surface area (Å²) in [5.41, 5.74) is 0. The zero-order valence-corrected chi connectivity index (χ0v) is 13.4. The minimum atomic E-state index is -3.09. The Kier molecular flexibility index (Phi) is 5.88. The average Bonchev–Trinajstić information content (AvgIpc) is 2.95. The molecule has 0 saturated carbocycles. The van der Waals surface area contributed by atoms with E-state index < -0.39 is 16.1 Å². The number of ether oxygens (including phenoxy) is 1. The lowest BCUT2D eigenvalue weighted by Crippen LogP contribution is -2.46. The molecule has 1 atom stereocenters. The highest BCUT2D eigenvalue weighted by atomic mass is 32.2. The van der Waals surface area contributed by atoms with Gasteiger partial charge in [-0.1, -0.05) is 0 Å². The van der Waals surface area contributed by atoms with E-state index in [2.05, 4.69) is 14.1 Å². The normalized spacial score (nSPS) is 19.5. The van der Waals surface area contributed by atoms with Crippen LogP contribution in [0.1, 0.15) is 12.8 Å². The number of nitrogens with zero attached hydrogens (tertiary/aromatic N) is 3. The van der Waals surface area contributed by atoms with Crippen molar-refractivity contribution >= 4 is 21.8 Å². The minimum Gasteiger partial charge on any atom is -0.473 e. The summed E-state index contributed by atoms with van der Waals surface area (Å²) in [6.07, 6.45) is 3.59. The van der Waals surface area contributed by atoms with Crippen molar-refractivity contribution in [2.75, 3.05) is 32.5 Å². The lowest BCUT2D eigenvalue weighted by atomic mass is 10.1. The van der Waals surface area contributed by atoms with Crippen molar-refractivity contribution in [1.29, 1.82) is 0 Å². The Morgan fingerprint density at radius 3 is 2.86 bits per heavy atom. The van der Waals surface area contributed by atoms with Gasteiger partial charge in [0.05, 0.1) is 18.0 Å². The number of sulfonamides is 1. The van der Waals surface area contributed by atoms with Crippen molar-refractivity contribution in [3.8, 4) is 5.88 Å². The van der Waals surface area contributed by atoms with E-state index in [0.29, 0.717) is 25.5 Å². The van der Waals surface area contributed by atoms with Crippen LogP contribution in [0.2, 0.25) is 0 Å². The smallest absolute Gasteiger partial charge is 0.245 e. The first-order chi connectivity index (χ1) is 9.95. The summed E-state index contributed by atoms with van der Waals surface area (Å²) in [5, 5.41) is 13.1. The Morgan fingerprint density at radius 2 is 2.29 bits per heavy atom. The minimum absolute atomic E-state index is 0.153.